The van der Waals surface area contributed by atoms with Crippen molar-refractivity contribution in [1.82, 2.24) is 0 Å². The molecule has 0 amide bonds. The second-order valence-electron chi connectivity index (χ2n) is 4.49. The number of rotatable bonds is 6. The van der Waals surface area contributed by atoms with Crippen LogP contribution < -0.4 is 20.1 Å². The van der Waals surface area contributed by atoms with Crippen LogP contribution in [0.3, 0.4) is 0 Å². The minimum absolute atomic E-state index is 0. The first-order valence-electron chi connectivity index (χ1n) is 7.25. The van der Waals surface area contributed by atoms with E-state index in [4.69, 9.17) is 21.7 Å². The van der Waals surface area contributed by atoms with Gasteiger partial charge in [0.2, 0.25) is 0 Å². The van der Waals surface area contributed by atoms with Gasteiger partial charge in [-0.1, -0.05) is 0 Å². The van der Waals surface area contributed by atoms with Crippen LogP contribution in [0, 0.1) is 0 Å². The van der Waals surface area contributed by atoms with Crippen LogP contribution in [-0.2, 0) is 22.4 Å². The van der Waals surface area contributed by atoms with Gasteiger partial charge in [0.1, 0.15) is 11.5 Å². The molecule has 0 unspecified atom stereocenters. The predicted molar refractivity (Wildman–Crippen MR) is 95.1 cm³/mol. The average molecular weight is 409 g/mol. The zero-order chi connectivity index (χ0) is 15.8. The van der Waals surface area contributed by atoms with Crippen molar-refractivity contribution in [3.63, 3.8) is 0 Å². The Bertz CT molecular complexity index is 549. The minimum atomic E-state index is 0. The minimum Gasteiger partial charge on any atom is -0.494 e. The molecule has 0 saturated heterocycles. The van der Waals surface area contributed by atoms with Gasteiger partial charge in [0.05, 0.1) is 13.2 Å². The van der Waals surface area contributed by atoms with Crippen molar-refractivity contribution in [2.24, 2.45) is 0 Å². The molecular weight excluding hydrogens is 389 g/mol. The average Bonchev–Trinajstić information content (AvgIpc) is 2.52. The smallest absolute Gasteiger partial charge is 0.175 e. The van der Waals surface area contributed by atoms with Gasteiger partial charge >= 0.3 is 0 Å². The van der Waals surface area contributed by atoms with E-state index in [1.165, 1.54) is 0 Å². The van der Waals surface area contributed by atoms with Crippen molar-refractivity contribution in [3.05, 3.63) is 48.5 Å². The fourth-order valence-corrected chi connectivity index (χ4v) is 2.13. The topological polar surface area (TPSA) is 42.5 Å². The van der Waals surface area contributed by atoms with Gasteiger partial charge in [0.15, 0.2) is 5.11 Å². The van der Waals surface area contributed by atoms with Crippen LogP contribution in [0.25, 0.3) is 0 Å². The molecule has 23 heavy (non-hydrogen) atoms. The molecule has 0 aromatic heterocycles. The van der Waals surface area contributed by atoms with E-state index in [9.17, 15) is 0 Å². The quantitative estimate of drug-likeness (QED) is 0.551. The van der Waals surface area contributed by atoms with Crippen molar-refractivity contribution >= 4 is 28.7 Å². The summed E-state index contributed by atoms with van der Waals surface area (Å²) >= 11 is 5.30. The summed E-state index contributed by atoms with van der Waals surface area (Å²) in [4.78, 5) is 0. The molecule has 0 atom stereocenters. The molecule has 6 heteroatoms. The van der Waals surface area contributed by atoms with Gasteiger partial charge < -0.3 is 20.1 Å². The van der Waals surface area contributed by atoms with Crippen molar-refractivity contribution in [2.75, 3.05) is 23.8 Å². The first kappa shape index (κ1) is 19.5. The van der Waals surface area contributed by atoms with Crippen LogP contribution in [0.1, 0.15) is 13.8 Å². The fourth-order valence-electron chi connectivity index (χ4n) is 1.90. The van der Waals surface area contributed by atoms with Gasteiger partial charge in [-0.3, -0.25) is 0 Å². The predicted octanol–water partition coefficient (Wildman–Crippen LogP) is 4.29. The molecule has 2 aromatic carbocycles. The Balaban J connectivity index is 0.00000264. The van der Waals surface area contributed by atoms with E-state index in [1.54, 1.807) is 0 Å². The molecule has 0 aliphatic rings. The molecule has 0 fully saturated rings. The first-order valence-corrected chi connectivity index (χ1v) is 7.65. The van der Waals surface area contributed by atoms with Gasteiger partial charge in [-0.2, -0.15) is 0 Å². The Morgan fingerprint density at radius 2 is 1.13 bits per heavy atom. The number of hydrogen-bond acceptors (Lipinski definition) is 3. The number of anilines is 2. The van der Waals surface area contributed by atoms with E-state index in [2.05, 4.69) is 10.6 Å². The van der Waals surface area contributed by atoms with E-state index in [0.29, 0.717) is 18.3 Å². The number of thiocarbonyl (C=S) groups is 1. The number of ether oxygens (including phenoxy) is 2. The maximum atomic E-state index is 5.40. The third-order valence-corrected chi connectivity index (χ3v) is 3.05. The summed E-state index contributed by atoms with van der Waals surface area (Å²) < 4.78 is 10.8. The maximum Gasteiger partial charge on any atom is 0.175 e. The summed E-state index contributed by atoms with van der Waals surface area (Å²) in [6.45, 7) is 5.24. The molecule has 2 rings (SSSR count). The van der Waals surface area contributed by atoms with Gasteiger partial charge in [-0.25, -0.2) is 0 Å². The Kier molecular flexibility index (Phi) is 8.73. The SMILES string of the molecule is CCOc1ccc(NC(=S)Nc2ccc(OCC)cc2)cc1.[Nb]. The molecule has 2 N–H and O–H groups in total. The summed E-state index contributed by atoms with van der Waals surface area (Å²) in [5.74, 6) is 1.69. The molecule has 4 nitrogen and oxygen atoms in total. The summed E-state index contributed by atoms with van der Waals surface area (Å²) in [5.41, 5.74) is 1.82. The maximum absolute atomic E-state index is 5.40. The summed E-state index contributed by atoms with van der Waals surface area (Å²) in [5, 5.41) is 6.80. The Morgan fingerprint density at radius 3 is 1.43 bits per heavy atom. The van der Waals surface area contributed by atoms with Gasteiger partial charge in [-0.15, -0.1) is 0 Å². The molecular formula is C17H20N2NbO2S. The van der Waals surface area contributed by atoms with Crippen molar-refractivity contribution in [1.29, 1.82) is 0 Å². The van der Waals surface area contributed by atoms with Crippen LogP contribution >= 0.6 is 12.2 Å². The van der Waals surface area contributed by atoms with Crippen molar-refractivity contribution in [3.8, 4) is 11.5 Å². The van der Waals surface area contributed by atoms with Crippen LogP contribution in [0.15, 0.2) is 48.5 Å². The van der Waals surface area contributed by atoms with E-state index in [-0.39, 0.29) is 22.4 Å². The van der Waals surface area contributed by atoms with Crippen LogP contribution in [0.5, 0.6) is 11.5 Å². The van der Waals surface area contributed by atoms with Crippen LogP contribution in [-0.4, -0.2) is 18.3 Å². The fraction of sp³-hybridized carbons (Fsp3) is 0.235. The molecule has 2 aromatic rings. The number of hydrogen-bond donors (Lipinski definition) is 2. The molecule has 0 aliphatic carbocycles. The van der Waals surface area contributed by atoms with E-state index in [1.807, 2.05) is 62.4 Å². The zero-order valence-corrected chi connectivity index (χ0v) is 16.2. The van der Waals surface area contributed by atoms with Gasteiger partial charge in [0.25, 0.3) is 0 Å². The van der Waals surface area contributed by atoms with Gasteiger partial charge in [0, 0.05) is 33.8 Å². The van der Waals surface area contributed by atoms with Crippen LogP contribution in [0.2, 0.25) is 0 Å². The van der Waals surface area contributed by atoms with Gasteiger partial charge in [-0.05, 0) is 74.6 Å². The standard InChI is InChI=1S/C17H20N2O2S.Nb/c1-3-20-15-9-5-13(6-10-15)18-17(22)19-14-7-11-16(12-8-14)21-4-2;/h5-12H,3-4H2,1-2H3,(H2,18,19,22);. The van der Waals surface area contributed by atoms with Crippen molar-refractivity contribution < 1.29 is 31.9 Å². The molecule has 121 valence electrons. The Hall–Kier alpha value is -1.53. The second-order valence-corrected chi connectivity index (χ2v) is 4.90. The zero-order valence-electron chi connectivity index (χ0n) is 13.2. The van der Waals surface area contributed by atoms with E-state index >= 15 is 0 Å². The third-order valence-electron chi connectivity index (χ3n) is 2.85. The summed E-state index contributed by atoms with van der Waals surface area (Å²) in [6.07, 6.45) is 0. The molecule has 1 radical (unpaired) electrons. The molecule has 0 bridgehead atoms. The monoisotopic (exact) mass is 409 g/mol. The summed E-state index contributed by atoms with van der Waals surface area (Å²) in [6, 6.07) is 15.3. The Morgan fingerprint density at radius 1 is 0.783 bits per heavy atom. The second kappa shape index (κ2) is 10.3. The molecule has 0 saturated carbocycles. The molecule has 0 spiro atoms. The largest absolute Gasteiger partial charge is 0.494 e. The third kappa shape index (κ3) is 6.62. The first-order chi connectivity index (χ1) is 10.7. The van der Waals surface area contributed by atoms with E-state index < -0.39 is 0 Å². The Labute approximate surface area is 158 Å². The van der Waals surface area contributed by atoms with Crippen LogP contribution in [0.4, 0.5) is 11.4 Å². The molecule has 0 heterocycles. The molecule has 0 aliphatic heterocycles. The van der Waals surface area contributed by atoms with Crippen molar-refractivity contribution in [2.45, 2.75) is 13.8 Å². The number of nitrogens with one attached hydrogen (secondary N) is 2. The summed E-state index contributed by atoms with van der Waals surface area (Å²) in [7, 11) is 0. The number of benzene rings is 2. The van der Waals surface area contributed by atoms with E-state index in [0.717, 1.165) is 22.9 Å². The normalized spacial score (nSPS) is 9.48.